The first kappa shape index (κ1) is 18.9. The van der Waals surface area contributed by atoms with Crippen LogP contribution in [0.15, 0.2) is 17.0 Å². The van der Waals surface area contributed by atoms with E-state index < -0.39 is 22.9 Å². The van der Waals surface area contributed by atoms with E-state index in [-0.39, 0.29) is 32.1 Å². The van der Waals surface area contributed by atoms with Crippen molar-refractivity contribution in [2.45, 2.75) is 24.9 Å². The van der Waals surface area contributed by atoms with E-state index in [1.807, 2.05) is 6.07 Å². The van der Waals surface area contributed by atoms with Gasteiger partial charge < -0.3 is 4.55 Å². The lowest BCUT2D eigenvalue weighted by molar-refractivity contribution is -0.137. The minimum absolute atomic E-state index is 0.000290. The molecule has 4 nitrogen and oxygen atoms in total. The van der Waals surface area contributed by atoms with Crippen LogP contribution >= 0.6 is 23.2 Å². The zero-order valence-electron chi connectivity index (χ0n) is 12.4. The van der Waals surface area contributed by atoms with Gasteiger partial charge in [0.05, 0.1) is 21.3 Å². The molecule has 1 aromatic carbocycles. The average Bonchev–Trinajstić information content (AvgIpc) is 2.81. The van der Waals surface area contributed by atoms with E-state index in [0.29, 0.717) is 5.69 Å². The molecule has 0 fully saturated rings. The lowest BCUT2D eigenvalue weighted by atomic mass is 10.2. The fraction of sp³-hybridized carbons (Fsp3) is 0.286. The van der Waals surface area contributed by atoms with Crippen molar-refractivity contribution in [1.82, 2.24) is 9.78 Å². The van der Waals surface area contributed by atoms with Gasteiger partial charge in [-0.15, -0.1) is 0 Å². The van der Waals surface area contributed by atoms with Crippen LogP contribution in [0.1, 0.15) is 23.9 Å². The Morgan fingerprint density at radius 1 is 1.33 bits per heavy atom. The molecule has 0 radical (unpaired) electrons. The standard InChI is InChI=1S/C14H10Cl2F3N3OS/c1-3-24(23)13-7(2)22(21-11(13)6-20)12-9(15)4-8(5-10(12)16)14(17,18)19/h4-5H,3H2,1-2H3. The van der Waals surface area contributed by atoms with E-state index in [2.05, 4.69) is 5.10 Å². The molecule has 0 saturated heterocycles. The van der Waals surface area contributed by atoms with Crippen LogP contribution in [0.5, 0.6) is 0 Å². The summed E-state index contributed by atoms with van der Waals surface area (Å²) in [5.74, 6) is 0.260. The average molecular weight is 396 g/mol. The SMILES string of the molecule is CC[S+]([O-])c1c(C#N)nn(-c2c(Cl)cc(C(F)(F)F)cc2Cl)c1C. The van der Waals surface area contributed by atoms with Gasteiger partial charge in [0.1, 0.15) is 17.5 Å². The van der Waals surface area contributed by atoms with E-state index >= 15 is 0 Å². The van der Waals surface area contributed by atoms with Crippen molar-refractivity contribution in [1.29, 1.82) is 5.26 Å². The van der Waals surface area contributed by atoms with Crippen LogP contribution in [-0.4, -0.2) is 20.1 Å². The van der Waals surface area contributed by atoms with Crippen LogP contribution in [0.2, 0.25) is 10.0 Å². The zero-order chi connectivity index (χ0) is 18.2. The molecule has 0 saturated carbocycles. The molecule has 0 N–H and O–H groups in total. The fourth-order valence-corrected chi connectivity index (χ4v) is 3.78. The van der Waals surface area contributed by atoms with Gasteiger partial charge in [0.15, 0.2) is 0 Å². The van der Waals surface area contributed by atoms with Crippen LogP contribution < -0.4 is 0 Å². The monoisotopic (exact) mass is 395 g/mol. The number of benzene rings is 1. The molecule has 1 aromatic heterocycles. The summed E-state index contributed by atoms with van der Waals surface area (Å²) in [4.78, 5) is 0.215. The third-order valence-electron chi connectivity index (χ3n) is 3.21. The molecule has 2 aromatic rings. The summed E-state index contributed by atoms with van der Waals surface area (Å²) in [7, 11) is 0. The summed E-state index contributed by atoms with van der Waals surface area (Å²) < 4.78 is 51.7. The van der Waals surface area contributed by atoms with Gasteiger partial charge in [-0.3, -0.25) is 0 Å². The molecule has 10 heteroatoms. The highest BCUT2D eigenvalue weighted by Crippen LogP contribution is 2.38. The minimum atomic E-state index is -4.60. The molecule has 2 rings (SSSR count). The maximum Gasteiger partial charge on any atom is 0.416 e. The Labute approximate surface area is 149 Å². The van der Waals surface area contributed by atoms with Crippen molar-refractivity contribution in [3.8, 4) is 11.8 Å². The maximum atomic E-state index is 12.8. The van der Waals surface area contributed by atoms with Crippen molar-refractivity contribution in [3.63, 3.8) is 0 Å². The van der Waals surface area contributed by atoms with Crippen LogP contribution in [0.4, 0.5) is 13.2 Å². The van der Waals surface area contributed by atoms with E-state index in [4.69, 9.17) is 28.5 Å². The quantitative estimate of drug-likeness (QED) is 0.718. The number of rotatable bonds is 3. The molecule has 24 heavy (non-hydrogen) atoms. The van der Waals surface area contributed by atoms with Gasteiger partial charge in [-0.1, -0.05) is 23.2 Å². The Balaban J connectivity index is 2.70. The maximum absolute atomic E-state index is 12.8. The topological polar surface area (TPSA) is 64.7 Å². The molecule has 1 atom stereocenters. The second-order valence-corrected chi connectivity index (χ2v) is 7.20. The molecule has 0 aliphatic heterocycles. The Morgan fingerprint density at radius 2 is 1.88 bits per heavy atom. The van der Waals surface area contributed by atoms with Gasteiger partial charge in [-0.25, -0.2) is 4.68 Å². The van der Waals surface area contributed by atoms with Crippen LogP contribution in [0.3, 0.4) is 0 Å². The predicted octanol–water partition coefficient (Wildman–Crippen LogP) is 4.51. The van der Waals surface area contributed by atoms with Crippen molar-refractivity contribution < 1.29 is 17.7 Å². The third-order valence-corrected chi connectivity index (χ3v) is 5.26. The highest BCUT2D eigenvalue weighted by Gasteiger charge is 2.33. The Hall–Kier alpha value is -1.40. The van der Waals surface area contributed by atoms with Crippen LogP contribution in [-0.2, 0) is 17.4 Å². The van der Waals surface area contributed by atoms with Crippen molar-refractivity contribution in [3.05, 3.63) is 39.1 Å². The first-order valence-electron chi connectivity index (χ1n) is 6.56. The van der Waals surface area contributed by atoms with E-state index in [9.17, 15) is 17.7 Å². The van der Waals surface area contributed by atoms with E-state index in [1.54, 1.807) is 13.8 Å². The number of nitriles is 1. The second kappa shape index (κ2) is 6.84. The molecule has 0 aliphatic rings. The Bertz CT molecular complexity index is 807. The summed E-state index contributed by atoms with van der Waals surface area (Å²) in [5, 5.41) is 12.6. The number of hydrogen-bond acceptors (Lipinski definition) is 3. The second-order valence-electron chi connectivity index (χ2n) is 4.71. The molecule has 0 aliphatic carbocycles. The molecule has 0 amide bonds. The summed E-state index contributed by atoms with van der Waals surface area (Å²) >= 11 is 10.5. The third kappa shape index (κ3) is 3.35. The molecular weight excluding hydrogens is 386 g/mol. The van der Waals surface area contributed by atoms with Gasteiger partial charge in [-0.05, 0) is 37.2 Å². The summed E-state index contributed by atoms with van der Waals surface area (Å²) in [5.41, 5.74) is -0.751. The molecule has 1 unspecified atom stereocenters. The molecule has 0 spiro atoms. The zero-order valence-corrected chi connectivity index (χ0v) is 14.7. The van der Waals surface area contributed by atoms with Crippen molar-refractivity contribution >= 4 is 34.4 Å². The number of aromatic nitrogens is 2. The molecule has 128 valence electrons. The number of alkyl halides is 3. The number of hydrogen-bond donors (Lipinski definition) is 0. The molecular formula is C14H10Cl2F3N3OS. The fourth-order valence-electron chi connectivity index (χ4n) is 2.13. The van der Waals surface area contributed by atoms with Crippen LogP contribution in [0.25, 0.3) is 5.69 Å². The summed E-state index contributed by atoms with van der Waals surface area (Å²) in [6.07, 6.45) is -4.60. The van der Waals surface area contributed by atoms with Gasteiger partial charge in [0, 0.05) is 0 Å². The molecule has 1 heterocycles. The highest BCUT2D eigenvalue weighted by atomic mass is 35.5. The summed E-state index contributed by atoms with van der Waals surface area (Å²) in [6.45, 7) is 3.22. The smallest absolute Gasteiger partial charge is 0.416 e. The lowest BCUT2D eigenvalue weighted by Crippen LogP contribution is -2.09. The number of halogens is 5. The predicted molar refractivity (Wildman–Crippen MR) is 85.0 cm³/mol. The Morgan fingerprint density at radius 3 is 2.29 bits per heavy atom. The van der Waals surface area contributed by atoms with Gasteiger partial charge in [0.25, 0.3) is 0 Å². The highest BCUT2D eigenvalue weighted by molar-refractivity contribution is 7.91. The van der Waals surface area contributed by atoms with E-state index in [0.717, 1.165) is 16.8 Å². The lowest BCUT2D eigenvalue weighted by Gasteiger charge is -2.13. The Kier molecular flexibility index (Phi) is 5.40. The van der Waals surface area contributed by atoms with Gasteiger partial charge in [-0.2, -0.15) is 23.5 Å². The van der Waals surface area contributed by atoms with Gasteiger partial charge >= 0.3 is 6.18 Å². The largest absolute Gasteiger partial charge is 0.611 e. The van der Waals surface area contributed by atoms with Crippen LogP contribution in [0, 0.1) is 18.3 Å². The molecule has 0 bridgehead atoms. The first-order valence-corrected chi connectivity index (χ1v) is 8.64. The number of nitrogens with zero attached hydrogens (tertiary/aromatic N) is 3. The van der Waals surface area contributed by atoms with Gasteiger partial charge in [0.2, 0.25) is 10.6 Å². The normalized spacial score (nSPS) is 13.0. The minimum Gasteiger partial charge on any atom is -0.611 e. The summed E-state index contributed by atoms with van der Waals surface area (Å²) in [6, 6.07) is 3.28. The van der Waals surface area contributed by atoms with E-state index in [1.165, 1.54) is 0 Å². The van der Waals surface area contributed by atoms with Crippen molar-refractivity contribution in [2.75, 3.05) is 5.75 Å². The first-order chi connectivity index (χ1) is 11.1. The van der Waals surface area contributed by atoms with Crippen molar-refractivity contribution in [2.24, 2.45) is 0 Å².